The molecule has 20 heavy (non-hydrogen) atoms. The summed E-state index contributed by atoms with van der Waals surface area (Å²) < 4.78 is 36.6. The Morgan fingerprint density at radius 1 is 1.20 bits per heavy atom. The highest BCUT2D eigenvalue weighted by Gasteiger charge is 2.23. The molecule has 7 heteroatoms. The molecule has 0 spiro atoms. The molecule has 0 saturated carbocycles. The second-order valence-electron chi connectivity index (χ2n) is 4.32. The van der Waals surface area contributed by atoms with Crippen molar-refractivity contribution >= 4 is 15.8 Å². The lowest BCUT2D eigenvalue weighted by molar-refractivity contribution is 0.589. The van der Waals surface area contributed by atoms with Gasteiger partial charge >= 0.3 is 0 Å². The van der Waals surface area contributed by atoms with Crippen molar-refractivity contribution < 1.29 is 12.8 Å². The monoisotopic (exact) mass is 295 g/mol. The smallest absolute Gasteiger partial charge is 0.222 e. The first kappa shape index (κ1) is 14.4. The first-order chi connectivity index (χ1) is 9.47. The van der Waals surface area contributed by atoms with Crippen LogP contribution in [0.25, 0.3) is 0 Å². The Labute approximate surface area is 116 Å². The summed E-state index contributed by atoms with van der Waals surface area (Å²) in [5.41, 5.74) is 0.525. The van der Waals surface area contributed by atoms with Crippen molar-refractivity contribution in [3.05, 3.63) is 54.1 Å². The molecule has 1 atom stereocenters. The molecule has 0 amide bonds. The van der Waals surface area contributed by atoms with Crippen LogP contribution < -0.4 is 5.32 Å². The fraction of sp³-hybridized carbons (Fsp3) is 0.231. The first-order valence-electron chi connectivity index (χ1n) is 5.92. The molecule has 1 N–H and O–H groups in total. The summed E-state index contributed by atoms with van der Waals surface area (Å²) in [6.45, 7) is 0.120. The molecule has 0 aliphatic rings. The van der Waals surface area contributed by atoms with Gasteiger partial charge in [-0.05, 0) is 23.8 Å². The second-order valence-corrected chi connectivity index (χ2v) is 6.55. The number of sulfone groups is 1. The van der Waals surface area contributed by atoms with Gasteiger partial charge in [0, 0.05) is 25.2 Å². The third kappa shape index (κ3) is 3.74. The second kappa shape index (κ2) is 5.96. The van der Waals surface area contributed by atoms with Gasteiger partial charge in [0.25, 0.3) is 0 Å². The fourth-order valence-electron chi connectivity index (χ4n) is 1.77. The lowest BCUT2D eigenvalue weighted by Crippen LogP contribution is -2.21. The molecule has 0 aliphatic heterocycles. The largest absolute Gasteiger partial charge is 0.353 e. The summed E-state index contributed by atoms with van der Waals surface area (Å²) in [5, 5.41) is 2.08. The van der Waals surface area contributed by atoms with E-state index in [2.05, 4.69) is 15.3 Å². The molecular weight excluding hydrogens is 281 g/mol. The van der Waals surface area contributed by atoms with E-state index in [-0.39, 0.29) is 6.54 Å². The number of benzene rings is 1. The predicted octanol–water partition coefficient (Wildman–Crippen LogP) is 1.81. The lowest BCUT2D eigenvalue weighted by Gasteiger charge is -2.16. The van der Waals surface area contributed by atoms with Crippen LogP contribution in [0.4, 0.5) is 10.3 Å². The molecular formula is C13H14FN3O2S. The maximum Gasteiger partial charge on any atom is 0.222 e. The maximum atomic E-state index is 12.9. The van der Waals surface area contributed by atoms with Crippen LogP contribution in [-0.4, -0.2) is 31.2 Å². The number of nitrogens with one attached hydrogen (secondary N) is 1. The number of aromatic nitrogens is 2. The van der Waals surface area contributed by atoms with Crippen molar-refractivity contribution in [2.75, 3.05) is 18.1 Å². The van der Waals surface area contributed by atoms with Crippen LogP contribution >= 0.6 is 0 Å². The van der Waals surface area contributed by atoms with Crippen molar-refractivity contribution in [2.45, 2.75) is 5.25 Å². The summed E-state index contributed by atoms with van der Waals surface area (Å²) in [4.78, 5) is 7.93. The van der Waals surface area contributed by atoms with Gasteiger partial charge in [-0.3, -0.25) is 0 Å². The van der Waals surface area contributed by atoms with Crippen LogP contribution in [0.2, 0.25) is 0 Å². The van der Waals surface area contributed by atoms with Gasteiger partial charge in [0.15, 0.2) is 9.84 Å². The number of anilines is 1. The number of rotatable bonds is 5. The molecule has 1 aromatic carbocycles. The van der Waals surface area contributed by atoms with Crippen molar-refractivity contribution in [1.82, 2.24) is 9.97 Å². The van der Waals surface area contributed by atoms with E-state index in [1.807, 2.05) is 0 Å². The Bertz CT molecular complexity index is 660. The molecule has 5 nitrogen and oxygen atoms in total. The topological polar surface area (TPSA) is 72.0 Å². The van der Waals surface area contributed by atoms with Crippen molar-refractivity contribution in [2.24, 2.45) is 0 Å². The van der Waals surface area contributed by atoms with Gasteiger partial charge in [-0.1, -0.05) is 12.1 Å². The predicted molar refractivity (Wildman–Crippen MR) is 74.5 cm³/mol. The van der Waals surface area contributed by atoms with Gasteiger partial charge in [-0.2, -0.15) is 0 Å². The molecule has 106 valence electrons. The van der Waals surface area contributed by atoms with Crippen LogP contribution in [0.15, 0.2) is 42.7 Å². The van der Waals surface area contributed by atoms with E-state index < -0.39 is 20.9 Å². The van der Waals surface area contributed by atoms with Gasteiger partial charge in [0.1, 0.15) is 11.1 Å². The third-order valence-electron chi connectivity index (χ3n) is 2.77. The Kier molecular flexibility index (Phi) is 4.29. The van der Waals surface area contributed by atoms with Gasteiger partial charge < -0.3 is 5.32 Å². The minimum absolute atomic E-state index is 0.120. The van der Waals surface area contributed by atoms with E-state index in [1.165, 1.54) is 24.3 Å². The van der Waals surface area contributed by atoms with Crippen molar-refractivity contribution in [1.29, 1.82) is 0 Å². The summed E-state index contributed by atoms with van der Waals surface area (Å²) in [6.07, 6.45) is 4.26. The van der Waals surface area contributed by atoms with Gasteiger partial charge in [0.05, 0.1) is 0 Å². The molecule has 2 rings (SSSR count). The molecule has 1 aromatic heterocycles. The zero-order valence-corrected chi connectivity index (χ0v) is 11.6. The van der Waals surface area contributed by atoms with E-state index in [4.69, 9.17) is 0 Å². The average molecular weight is 295 g/mol. The SMILES string of the molecule is CS(=O)(=O)[C@@H](CNc1ncccn1)c1ccc(F)cc1. The lowest BCUT2D eigenvalue weighted by atomic mass is 10.1. The molecule has 0 saturated heterocycles. The maximum absolute atomic E-state index is 12.9. The van der Waals surface area contributed by atoms with Crippen molar-refractivity contribution in [3.63, 3.8) is 0 Å². The van der Waals surface area contributed by atoms with Gasteiger partial charge in [-0.25, -0.2) is 22.8 Å². The van der Waals surface area contributed by atoms with E-state index in [0.29, 0.717) is 11.5 Å². The quantitative estimate of drug-likeness (QED) is 0.911. The molecule has 0 aliphatic carbocycles. The third-order valence-corrected chi connectivity index (χ3v) is 4.24. The Balaban J connectivity index is 2.19. The first-order valence-corrected chi connectivity index (χ1v) is 7.87. The van der Waals surface area contributed by atoms with Crippen LogP contribution in [0.1, 0.15) is 10.8 Å². The zero-order valence-electron chi connectivity index (χ0n) is 10.8. The van der Waals surface area contributed by atoms with E-state index >= 15 is 0 Å². The normalized spacial score (nSPS) is 12.9. The Morgan fingerprint density at radius 3 is 2.35 bits per heavy atom. The summed E-state index contributed by atoms with van der Waals surface area (Å²) in [6, 6.07) is 7.08. The summed E-state index contributed by atoms with van der Waals surface area (Å²) >= 11 is 0. The zero-order chi connectivity index (χ0) is 14.6. The Morgan fingerprint density at radius 2 is 1.80 bits per heavy atom. The summed E-state index contributed by atoms with van der Waals surface area (Å²) in [5.74, 6) is -0.0522. The van der Waals surface area contributed by atoms with E-state index in [1.54, 1.807) is 18.5 Å². The minimum Gasteiger partial charge on any atom is -0.353 e. The number of hydrogen-bond acceptors (Lipinski definition) is 5. The molecule has 0 bridgehead atoms. The molecule has 0 unspecified atom stereocenters. The van der Waals surface area contributed by atoms with Crippen molar-refractivity contribution in [3.8, 4) is 0 Å². The summed E-state index contributed by atoms with van der Waals surface area (Å²) in [7, 11) is -3.34. The van der Waals surface area contributed by atoms with Gasteiger partial charge in [-0.15, -0.1) is 0 Å². The van der Waals surface area contributed by atoms with Crippen LogP contribution in [0.3, 0.4) is 0 Å². The van der Waals surface area contributed by atoms with Crippen LogP contribution in [-0.2, 0) is 9.84 Å². The van der Waals surface area contributed by atoms with Gasteiger partial charge in [0.2, 0.25) is 5.95 Å². The average Bonchev–Trinajstić information content (AvgIpc) is 2.41. The number of hydrogen-bond donors (Lipinski definition) is 1. The minimum atomic E-state index is -3.34. The molecule has 0 fully saturated rings. The number of nitrogens with zero attached hydrogens (tertiary/aromatic N) is 2. The Hall–Kier alpha value is -2.02. The number of halogens is 1. The molecule has 2 aromatic rings. The highest BCUT2D eigenvalue weighted by atomic mass is 32.2. The highest BCUT2D eigenvalue weighted by molar-refractivity contribution is 7.91. The van der Waals surface area contributed by atoms with E-state index in [0.717, 1.165) is 6.26 Å². The molecule has 0 radical (unpaired) electrons. The fourth-order valence-corrected chi connectivity index (χ4v) is 2.81. The van der Waals surface area contributed by atoms with Crippen LogP contribution in [0.5, 0.6) is 0 Å². The van der Waals surface area contributed by atoms with E-state index in [9.17, 15) is 12.8 Å². The molecule has 1 heterocycles. The standard InChI is InChI=1S/C13H14FN3O2S/c1-20(18,19)12(10-3-5-11(14)6-4-10)9-17-13-15-7-2-8-16-13/h2-8,12H,9H2,1H3,(H,15,16,17)/t12-/m0/s1. The highest BCUT2D eigenvalue weighted by Crippen LogP contribution is 2.22. The van der Waals surface area contributed by atoms with Crippen LogP contribution in [0, 0.1) is 5.82 Å².